The number of ether oxygens (including phenoxy) is 2. The van der Waals surface area contributed by atoms with Gasteiger partial charge in [0.1, 0.15) is 16.7 Å². The van der Waals surface area contributed by atoms with Gasteiger partial charge in [0.25, 0.3) is 0 Å². The number of amides is 1. The molecule has 0 aliphatic carbocycles. The number of carbonyl (C=O) groups excluding carboxylic acids is 1. The molecule has 2 aromatic carbocycles. The Balaban J connectivity index is 1.76. The quantitative estimate of drug-likeness (QED) is 0.559. The van der Waals surface area contributed by atoms with Gasteiger partial charge < -0.3 is 9.47 Å². The fourth-order valence-corrected chi connectivity index (χ4v) is 4.02. The molecular weight excluding hydrogens is 402 g/mol. The van der Waals surface area contributed by atoms with Crippen LogP contribution >= 0.6 is 11.6 Å². The third kappa shape index (κ3) is 3.59. The maximum atomic E-state index is 12.4. The molecule has 154 valence electrons. The van der Waals surface area contributed by atoms with Crippen LogP contribution < -0.4 is 9.47 Å². The number of nitrogens with zero attached hydrogens (tertiary/aromatic N) is 3. The number of halogens is 1. The predicted molar refractivity (Wildman–Crippen MR) is 117 cm³/mol. The SMILES string of the molecule is COc1ccc(C2=NN(C(C)=O)[C@H](c3cc4ccc(C)cc4nc3Cl)C2)c(OC)c1. The number of carbonyl (C=O) groups is 1. The summed E-state index contributed by atoms with van der Waals surface area (Å²) >= 11 is 6.56. The molecule has 1 amide bonds. The number of fused-ring (bicyclic) bond motifs is 1. The molecule has 1 aliphatic rings. The molecule has 0 unspecified atom stereocenters. The van der Waals surface area contributed by atoms with Crippen molar-refractivity contribution in [1.82, 2.24) is 9.99 Å². The molecule has 1 aliphatic heterocycles. The minimum Gasteiger partial charge on any atom is -0.497 e. The Morgan fingerprint density at radius 2 is 1.93 bits per heavy atom. The van der Waals surface area contributed by atoms with Gasteiger partial charge in [-0.2, -0.15) is 5.10 Å². The number of aromatic nitrogens is 1. The Labute approximate surface area is 180 Å². The second-order valence-corrected chi connectivity index (χ2v) is 7.62. The van der Waals surface area contributed by atoms with E-state index in [4.69, 9.17) is 21.1 Å². The molecule has 2 heterocycles. The van der Waals surface area contributed by atoms with Crippen molar-refractivity contribution >= 4 is 34.1 Å². The summed E-state index contributed by atoms with van der Waals surface area (Å²) in [5.41, 5.74) is 4.27. The lowest BCUT2D eigenvalue weighted by atomic mass is 9.97. The number of rotatable bonds is 4. The number of hydrogen-bond acceptors (Lipinski definition) is 5. The molecule has 4 rings (SSSR count). The zero-order valence-electron chi connectivity index (χ0n) is 17.3. The summed E-state index contributed by atoms with van der Waals surface area (Å²) in [6.45, 7) is 3.51. The Kier molecular flexibility index (Phi) is 5.35. The average molecular weight is 424 g/mol. The molecule has 3 aromatic rings. The van der Waals surface area contributed by atoms with E-state index in [0.717, 1.165) is 33.3 Å². The second-order valence-electron chi connectivity index (χ2n) is 7.26. The average Bonchev–Trinajstić information content (AvgIpc) is 3.18. The van der Waals surface area contributed by atoms with Crippen LogP contribution in [0.4, 0.5) is 0 Å². The largest absolute Gasteiger partial charge is 0.497 e. The standard InChI is InChI=1S/C23H22ClN3O3/c1-13-5-6-15-10-18(23(24)25-19(15)9-13)21-12-20(26-27(21)14(2)28)17-8-7-16(29-3)11-22(17)30-4/h5-11,21H,12H2,1-4H3/t21-/m0/s1. The summed E-state index contributed by atoms with van der Waals surface area (Å²) in [5.74, 6) is 1.16. The molecule has 30 heavy (non-hydrogen) atoms. The summed E-state index contributed by atoms with van der Waals surface area (Å²) in [4.78, 5) is 16.9. The first kappa shape index (κ1) is 20.2. The van der Waals surface area contributed by atoms with E-state index >= 15 is 0 Å². The maximum Gasteiger partial charge on any atom is 0.240 e. The third-order valence-electron chi connectivity index (χ3n) is 5.27. The minimum atomic E-state index is -0.338. The van der Waals surface area contributed by atoms with Gasteiger partial charge in [-0.15, -0.1) is 0 Å². The minimum absolute atomic E-state index is 0.164. The zero-order valence-corrected chi connectivity index (χ0v) is 18.0. The third-order valence-corrected chi connectivity index (χ3v) is 5.57. The number of methoxy groups -OCH3 is 2. The lowest BCUT2D eigenvalue weighted by molar-refractivity contribution is -0.130. The number of pyridine rings is 1. The highest BCUT2D eigenvalue weighted by molar-refractivity contribution is 6.30. The molecule has 1 aromatic heterocycles. The van der Waals surface area contributed by atoms with Crippen molar-refractivity contribution in [2.24, 2.45) is 5.10 Å². The van der Waals surface area contributed by atoms with E-state index in [1.807, 2.05) is 43.3 Å². The van der Waals surface area contributed by atoms with Crippen molar-refractivity contribution in [1.29, 1.82) is 0 Å². The molecule has 0 N–H and O–H groups in total. The van der Waals surface area contributed by atoms with Crippen molar-refractivity contribution < 1.29 is 14.3 Å². The second kappa shape index (κ2) is 7.95. The van der Waals surface area contributed by atoms with Crippen LogP contribution in [0.1, 0.15) is 36.1 Å². The number of hydrazone groups is 1. The Hall–Kier alpha value is -3.12. The van der Waals surface area contributed by atoms with E-state index < -0.39 is 0 Å². The van der Waals surface area contributed by atoms with E-state index in [1.165, 1.54) is 11.9 Å². The molecule has 0 saturated heterocycles. The van der Waals surface area contributed by atoms with Crippen molar-refractivity contribution in [3.63, 3.8) is 0 Å². The van der Waals surface area contributed by atoms with Crippen molar-refractivity contribution in [3.05, 3.63) is 64.3 Å². The van der Waals surface area contributed by atoms with Crippen LogP contribution in [-0.4, -0.2) is 35.8 Å². The van der Waals surface area contributed by atoms with Gasteiger partial charge in [0.05, 0.1) is 31.5 Å². The fourth-order valence-electron chi connectivity index (χ4n) is 3.75. The zero-order chi connectivity index (χ0) is 21.4. The van der Waals surface area contributed by atoms with E-state index in [0.29, 0.717) is 23.1 Å². The van der Waals surface area contributed by atoms with Gasteiger partial charge in [0.15, 0.2) is 0 Å². The van der Waals surface area contributed by atoms with Crippen molar-refractivity contribution in [3.8, 4) is 11.5 Å². The van der Waals surface area contributed by atoms with Gasteiger partial charge in [-0.3, -0.25) is 4.79 Å². The van der Waals surface area contributed by atoms with E-state index in [1.54, 1.807) is 20.3 Å². The van der Waals surface area contributed by atoms with Crippen LogP contribution in [0.2, 0.25) is 5.15 Å². The molecule has 7 heteroatoms. The lowest BCUT2D eigenvalue weighted by Crippen LogP contribution is -2.24. The normalized spacial score (nSPS) is 16.0. The maximum absolute atomic E-state index is 12.4. The smallest absolute Gasteiger partial charge is 0.240 e. The van der Waals surface area contributed by atoms with Gasteiger partial charge in [-0.1, -0.05) is 23.7 Å². The molecule has 0 radical (unpaired) electrons. The van der Waals surface area contributed by atoms with Crippen molar-refractivity contribution in [2.45, 2.75) is 26.3 Å². The Morgan fingerprint density at radius 3 is 2.63 bits per heavy atom. The number of hydrogen-bond donors (Lipinski definition) is 0. The first-order valence-corrected chi connectivity index (χ1v) is 9.95. The van der Waals surface area contributed by atoms with E-state index in [2.05, 4.69) is 10.1 Å². The Morgan fingerprint density at radius 1 is 1.13 bits per heavy atom. The first-order valence-electron chi connectivity index (χ1n) is 9.57. The highest BCUT2D eigenvalue weighted by atomic mass is 35.5. The molecule has 1 atom stereocenters. The van der Waals surface area contributed by atoms with Gasteiger partial charge in [0.2, 0.25) is 5.91 Å². The fraction of sp³-hybridized carbons (Fsp3) is 0.261. The predicted octanol–water partition coefficient (Wildman–Crippen LogP) is 4.91. The van der Waals surface area contributed by atoms with E-state index in [-0.39, 0.29) is 11.9 Å². The summed E-state index contributed by atoms with van der Waals surface area (Å²) < 4.78 is 10.8. The van der Waals surface area contributed by atoms with Crippen LogP contribution in [-0.2, 0) is 4.79 Å². The first-order chi connectivity index (χ1) is 14.4. The molecular formula is C23H22ClN3O3. The van der Waals surface area contributed by atoms with Crippen LogP contribution in [0.15, 0.2) is 47.6 Å². The van der Waals surface area contributed by atoms with Crippen molar-refractivity contribution in [2.75, 3.05) is 14.2 Å². The summed E-state index contributed by atoms with van der Waals surface area (Å²) in [5, 5.41) is 7.43. The van der Waals surface area contributed by atoms with E-state index in [9.17, 15) is 4.79 Å². The van der Waals surface area contributed by atoms with Gasteiger partial charge in [-0.25, -0.2) is 9.99 Å². The monoisotopic (exact) mass is 423 g/mol. The van der Waals surface area contributed by atoms with Gasteiger partial charge in [0, 0.05) is 35.9 Å². The van der Waals surface area contributed by atoms with Crippen LogP contribution in [0.5, 0.6) is 11.5 Å². The van der Waals surface area contributed by atoms with Crippen LogP contribution in [0.3, 0.4) is 0 Å². The molecule has 0 bridgehead atoms. The number of aryl methyl sites for hydroxylation is 1. The molecule has 0 spiro atoms. The molecule has 0 fully saturated rings. The highest BCUT2D eigenvalue weighted by Crippen LogP contribution is 2.39. The van der Waals surface area contributed by atoms with Gasteiger partial charge in [-0.05, 0) is 36.8 Å². The summed E-state index contributed by atoms with van der Waals surface area (Å²) in [7, 11) is 3.20. The molecule has 0 saturated carbocycles. The molecule has 6 nitrogen and oxygen atoms in total. The van der Waals surface area contributed by atoms with Crippen LogP contribution in [0.25, 0.3) is 10.9 Å². The lowest BCUT2D eigenvalue weighted by Gasteiger charge is -2.21. The van der Waals surface area contributed by atoms with Crippen LogP contribution in [0, 0.1) is 6.92 Å². The summed E-state index contributed by atoms with van der Waals surface area (Å²) in [6, 6.07) is 13.2. The Bertz CT molecular complexity index is 1180. The number of benzene rings is 2. The topological polar surface area (TPSA) is 64.0 Å². The summed E-state index contributed by atoms with van der Waals surface area (Å²) in [6.07, 6.45) is 0.501. The highest BCUT2D eigenvalue weighted by Gasteiger charge is 2.34. The van der Waals surface area contributed by atoms with Gasteiger partial charge >= 0.3 is 0 Å².